The van der Waals surface area contributed by atoms with Gasteiger partial charge in [0.2, 0.25) is 0 Å². The van der Waals surface area contributed by atoms with Crippen LogP contribution in [0.25, 0.3) is 0 Å². The number of nitrogens with two attached hydrogens (primary N) is 1. The van der Waals surface area contributed by atoms with Crippen LogP contribution in [0.4, 0.5) is 5.69 Å². The summed E-state index contributed by atoms with van der Waals surface area (Å²) in [5.74, 6) is 5.01. The number of anilines is 1. The van der Waals surface area contributed by atoms with Gasteiger partial charge < -0.3 is 10.5 Å². The molecule has 0 bridgehead atoms. The average molecular weight is 239 g/mol. The number of hydrogen-bond donors (Lipinski definition) is 1. The number of esters is 1. The number of nitrogen functional groups attached to an aromatic ring is 1. The molecule has 1 aromatic rings. The molecule has 0 saturated heterocycles. The predicted molar refractivity (Wildman–Crippen MR) is 61.8 cm³/mol. The summed E-state index contributed by atoms with van der Waals surface area (Å²) in [6, 6.07) is 1.60. The van der Waals surface area contributed by atoms with E-state index in [1.807, 2.05) is 0 Å². The van der Waals surface area contributed by atoms with Crippen molar-refractivity contribution < 1.29 is 9.53 Å². The molecule has 0 atom stereocenters. The molecule has 2 N–H and O–H groups in total. The van der Waals surface area contributed by atoms with Crippen molar-refractivity contribution in [3.8, 4) is 11.8 Å². The van der Waals surface area contributed by atoms with E-state index in [1.54, 1.807) is 13.0 Å². The third-order valence-electron chi connectivity index (χ3n) is 1.62. The summed E-state index contributed by atoms with van der Waals surface area (Å²) in [7, 11) is 0. The Hall–Kier alpha value is -1.73. The van der Waals surface area contributed by atoms with Gasteiger partial charge in [-0.2, -0.15) is 0 Å². The van der Waals surface area contributed by atoms with Gasteiger partial charge in [-0.05, 0) is 13.0 Å². The van der Waals surface area contributed by atoms with Gasteiger partial charge in [0.15, 0.2) is 0 Å². The van der Waals surface area contributed by atoms with Crippen LogP contribution in [0.2, 0.25) is 5.15 Å². The Morgan fingerprint density at radius 2 is 2.44 bits per heavy atom. The molecule has 4 nitrogen and oxygen atoms in total. The monoisotopic (exact) mass is 238 g/mol. The first-order valence-electron chi connectivity index (χ1n) is 4.69. The van der Waals surface area contributed by atoms with Gasteiger partial charge in [0.05, 0.1) is 24.1 Å². The fourth-order valence-corrected chi connectivity index (χ4v) is 1.13. The zero-order valence-corrected chi connectivity index (χ0v) is 9.54. The minimum Gasteiger partial charge on any atom is -0.465 e. The first-order chi connectivity index (χ1) is 7.63. The molecule has 0 saturated carbocycles. The van der Waals surface area contributed by atoms with Crippen LogP contribution in [0.3, 0.4) is 0 Å². The van der Waals surface area contributed by atoms with E-state index < -0.39 is 0 Å². The summed E-state index contributed by atoms with van der Waals surface area (Å²) < 4.78 is 4.72. The first kappa shape index (κ1) is 12.3. The third kappa shape index (κ3) is 3.79. The van der Waals surface area contributed by atoms with Gasteiger partial charge in [0.25, 0.3) is 0 Å². The van der Waals surface area contributed by atoms with Crippen molar-refractivity contribution in [2.45, 2.75) is 13.3 Å². The maximum Gasteiger partial charge on any atom is 0.317 e. The second kappa shape index (κ2) is 5.99. The molecule has 16 heavy (non-hydrogen) atoms. The third-order valence-corrected chi connectivity index (χ3v) is 1.92. The van der Waals surface area contributed by atoms with Crippen molar-refractivity contribution in [2.24, 2.45) is 0 Å². The minimum absolute atomic E-state index is 0.0268. The molecular weight excluding hydrogens is 228 g/mol. The molecule has 1 aromatic heterocycles. The number of nitrogens with zero attached hydrogens (tertiary/aromatic N) is 1. The molecule has 0 spiro atoms. The Labute approximate surface area is 98.8 Å². The van der Waals surface area contributed by atoms with Crippen LogP contribution in [-0.2, 0) is 9.53 Å². The maximum atomic E-state index is 11.0. The molecule has 0 aromatic carbocycles. The van der Waals surface area contributed by atoms with Crippen LogP contribution in [0.1, 0.15) is 18.9 Å². The molecule has 1 rings (SSSR count). The van der Waals surface area contributed by atoms with E-state index in [4.69, 9.17) is 22.1 Å². The smallest absolute Gasteiger partial charge is 0.317 e. The molecule has 0 unspecified atom stereocenters. The summed E-state index contributed by atoms with van der Waals surface area (Å²) in [5.41, 5.74) is 6.51. The standard InChI is InChI=1S/C11H11ClN2O2/c1-2-16-10(15)5-3-4-8-6-9(13)7-14-11(8)12/h6-7H,2,5,13H2,1H3. The molecule has 0 aliphatic heterocycles. The van der Waals surface area contributed by atoms with E-state index >= 15 is 0 Å². The average Bonchev–Trinajstić information content (AvgIpc) is 2.23. The molecule has 5 heteroatoms. The van der Waals surface area contributed by atoms with Crippen LogP contribution >= 0.6 is 11.6 Å². The van der Waals surface area contributed by atoms with Gasteiger partial charge in [0, 0.05) is 0 Å². The van der Waals surface area contributed by atoms with Crippen LogP contribution in [0, 0.1) is 11.8 Å². The van der Waals surface area contributed by atoms with Gasteiger partial charge in [-0.3, -0.25) is 4.79 Å². The number of pyridine rings is 1. The van der Waals surface area contributed by atoms with E-state index in [0.29, 0.717) is 17.9 Å². The number of ether oxygens (including phenoxy) is 1. The highest BCUT2D eigenvalue weighted by molar-refractivity contribution is 6.30. The van der Waals surface area contributed by atoms with E-state index in [0.717, 1.165) is 0 Å². The van der Waals surface area contributed by atoms with Gasteiger partial charge >= 0.3 is 5.97 Å². The Kier molecular flexibility index (Phi) is 4.62. The lowest BCUT2D eigenvalue weighted by atomic mass is 10.2. The van der Waals surface area contributed by atoms with Crippen LogP contribution in [0.5, 0.6) is 0 Å². The quantitative estimate of drug-likeness (QED) is 0.483. The molecule has 0 aliphatic carbocycles. The topological polar surface area (TPSA) is 65.2 Å². The molecule has 84 valence electrons. The van der Waals surface area contributed by atoms with Gasteiger partial charge in [-0.15, -0.1) is 0 Å². The molecular formula is C11H11ClN2O2. The highest BCUT2D eigenvalue weighted by atomic mass is 35.5. The second-order valence-corrected chi connectivity index (χ2v) is 3.25. The Bertz CT molecular complexity index is 449. The van der Waals surface area contributed by atoms with Crippen LogP contribution in [0.15, 0.2) is 12.3 Å². The zero-order valence-electron chi connectivity index (χ0n) is 8.79. The van der Waals surface area contributed by atoms with Crippen molar-refractivity contribution in [3.63, 3.8) is 0 Å². The highest BCUT2D eigenvalue weighted by Crippen LogP contribution is 2.13. The van der Waals surface area contributed by atoms with Crippen LogP contribution < -0.4 is 5.73 Å². The molecule has 1 heterocycles. The summed E-state index contributed by atoms with van der Waals surface area (Å²) in [6.45, 7) is 2.09. The summed E-state index contributed by atoms with van der Waals surface area (Å²) in [4.78, 5) is 14.8. The second-order valence-electron chi connectivity index (χ2n) is 2.89. The van der Waals surface area contributed by atoms with Gasteiger partial charge in [-0.25, -0.2) is 4.98 Å². The molecule has 0 radical (unpaired) electrons. The number of halogens is 1. The van der Waals surface area contributed by atoms with Crippen LogP contribution in [-0.4, -0.2) is 17.6 Å². The van der Waals surface area contributed by atoms with Crippen molar-refractivity contribution >= 4 is 23.3 Å². The van der Waals surface area contributed by atoms with Crippen molar-refractivity contribution in [2.75, 3.05) is 12.3 Å². The fourth-order valence-electron chi connectivity index (χ4n) is 0.976. The highest BCUT2D eigenvalue weighted by Gasteiger charge is 1.99. The summed E-state index contributed by atoms with van der Waals surface area (Å²) >= 11 is 5.79. The number of carbonyl (C=O) groups excluding carboxylic acids is 1. The zero-order chi connectivity index (χ0) is 12.0. The number of rotatable bonds is 2. The van der Waals surface area contributed by atoms with Gasteiger partial charge in [0.1, 0.15) is 11.6 Å². The number of carbonyl (C=O) groups is 1. The van der Waals surface area contributed by atoms with Crippen molar-refractivity contribution in [1.29, 1.82) is 0 Å². The Morgan fingerprint density at radius 3 is 3.12 bits per heavy atom. The lowest BCUT2D eigenvalue weighted by molar-refractivity contribution is -0.141. The lowest BCUT2D eigenvalue weighted by Crippen LogP contribution is -2.01. The predicted octanol–water partition coefficient (Wildman–Crippen LogP) is 1.62. The Morgan fingerprint density at radius 1 is 1.69 bits per heavy atom. The first-order valence-corrected chi connectivity index (χ1v) is 5.06. The largest absolute Gasteiger partial charge is 0.465 e. The summed E-state index contributed by atoms with van der Waals surface area (Å²) in [6.07, 6.45) is 1.47. The van der Waals surface area contributed by atoms with E-state index in [1.165, 1.54) is 6.20 Å². The Balaban J connectivity index is 2.69. The number of aromatic nitrogens is 1. The molecule has 0 amide bonds. The molecule has 0 aliphatic rings. The molecule has 0 fully saturated rings. The van der Waals surface area contributed by atoms with Crippen molar-refractivity contribution in [1.82, 2.24) is 4.98 Å². The minimum atomic E-state index is -0.358. The summed E-state index contributed by atoms with van der Waals surface area (Å²) in [5, 5.41) is 0.269. The van der Waals surface area contributed by atoms with E-state index in [-0.39, 0.29) is 17.5 Å². The van der Waals surface area contributed by atoms with E-state index in [2.05, 4.69) is 16.8 Å². The lowest BCUT2D eigenvalue weighted by Gasteiger charge is -1.97. The normalized spacial score (nSPS) is 9.12. The maximum absolute atomic E-state index is 11.0. The van der Waals surface area contributed by atoms with E-state index in [9.17, 15) is 4.79 Å². The SMILES string of the molecule is CCOC(=O)CC#Cc1cc(N)cnc1Cl. The number of hydrogen-bond acceptors (Lipinski definition) is 4. The van der Waals surface area contributed by atoms with Crippen molar-refractivity contribution in [3.05, 3.63) is 23.0 Å². The van der Waals surface area contributed by atoms with Gasteiger partial charge in [-0.1, -0.05) is 23.4 Å². The fraction of sp³-hybridized carbons (Fsp3) is 0.273.